The first-order valence-corrected chi connectivity index (χ1v) is 7.46. The zero-order valence-corrected chi connectivity index (χ0v) is 11.6. The summed E-state index contributed by atoms with van der Waals surface area (Å²) in [5, 5.41) is 0. The molecule has 0 nitrogen and oxygen atoms in total. The second-order valence-electron chi connectivity index (χ2n) is 5.09. The fourth-order valence-electron chi connectivity index (χ4n) is 2.32. The molecule has 0 aromatic rings. The van der Waals surface area contributed by atoms with Crippen LogP contribution >= 0.6 is 0 Å². The highest BCUT2D eigenvalue weighted by Gasteiger charge is 2.05. The predicted molar refractivity (Wildman–Crippen MR) is 75.8 cm³/mol. The molecule has 0 aliphatic heterocycles. The van der Waals surface area contributed by atoms with Gasteiger partial charge in [-0.3, -0.25) is 0 Å². The van der Waals surface area contributed by atoms with Gasteiger partial charge in [-0.2, -0.15) is 0 Å². The molecule has 0 N–H and O–H groups in total. The summed E-state index contributed by atoms with van der Waals surface area (Å²) < 4.78 is 0. The molecular formula is C16H32. The van der Waals surface area contributed by atoms with Gasteiger partial charge in [-0.25, -0.2) is 0 Å². The Hall–Kier alpha value is -0.260. The van der Waals surface area contributed by atoms with Crippen LogP contribution in [0.4, 0.5) is 0 Å². The normalized spacial score (nSPS) is 12.6. The summed E-state index contributed by atoms with van der Waals surface area (Å²) in [4.78, 5) is 0. The maximum Gasteiger partial charge on any atom is -0.0325 e. The third-order valence-corrected chi connectivity index (χ3v) is 3.43. The van der Waals surface area contributed by atoms with Crippen LogP contribution in [0.2, 0.25) is 0 Å². The molecule has 0 amide bonds. The Labute approximate surface area is 104 Å². The average Bonchev–Trinajstić information content (AvgIpc) is 2.30. The summed E-state index contributed by atoms with van der Waals surface area (Å²) in [6.07, 6.45) is 17.5. The summed E-state index contributed by atoms with van der Waals surface area (Å²) in [6.45, 7) is 8.45. The van der Waals surface area contributed by atoms with E-state index in [0.29, 0.717) is 0 Å². The summed E-state index contributed by atoms with van der Waals surface area (Å²) in [7, 11) is 0. The molecule has 1 atom stereocenters. The van der Waals surface area contributed by atoms with Crippen molar-refractivity contribution < 1.29 is 0 Å². The van der Waals surface area contributed by atoms with E-state index < -0.39 is 0 Å². The van der Waals surface area contributed by atoms with Crippen LogP contribution in [0.3, 0.4) is 0 Å². The number of rotatable bonds is 12. The Balaban J connectivity index is 3.39. The van der Waals surface area contributed by atoms with E-state index in [1.807, 2.05) is 0 Å². The van der Waals surface area contributed by atoms with Crippen molar-refractivity contribution in [2.75, 3.05) is 0 Å². The zero-order chi connectivity index (χ0) is 12.1. The molecule has 0 spiro atoms. The number of unbranched alkanes of at least 4 members (excludes halogenated alkanes) is 6. The van der Waals surface area contributed by atoms with Crippen LogP contribution in [-0.4, -0.2) is 0 Å². The molecule has 0 fully saturated rings. The maximum atomic E-state index is 3.88. The van der Waals surface area contributed by atoms with Crippen LogP contribution < -0.4 is 0 Å². The van der Waals surface area contributed by atoms with Crippen LogP contribution in [0.5, 0.6) is 0 Å². The lowest BCUT2D eigenvalue weighted by Gasteiger charge is -2.14. The highest BCUT2D eigenvalue weighted by Crippen LogP contribution is 2.21. The summed E-state index contributed by atoms with van der Waals surface area (Å²) in [5.41, 5.74) is 0. The number of hydrogen-bond donors (Lipinski definition) is 0. The standard InChI is InChI=1S/C16H32/c1-4-7-9-10-11-12-15-16(13-6-3)14-8-5-2/h6,16H,3-5,7-15H2,1-2H3. The van der Waals surface area contributed by atoms with Crippen LogP contribution in [0.15, 0.2) is 12.7 Å². The molecule has 0 rings (SSSR count). The molecule has 0 saturated heterocycles. The second-order valence-corrected chi connectivity index (χ2v) is 5.09. The van der Waals surface area contributed by atoms with Crippen molar-refractivity contribution >= 4 is 0 Å². The molecule has 0 aromatic carbocycles. The minimum atomic E-state index is 0.920. The quantitative estimate of drug-likeness (QED) is 0.277. The lowest BCUT2D eigenvalue weighted by atomic mass is 9.92. The van der Waals surface area contributed by atoms with Gasteiger partial charge in [0, 0.05) is 0 Å². The zero-order valence-electron chi connectivity index (χ0n) is 11.6. The van der Waals surface area contributed by atoms with Gasteiger partial charge in [0.15, 0.2) is 0 Å². The van der Waals surface area contributed by atoms with Crippen molar-refractivity contribution in [2.45, 2.75) is 84.5 Å². The average molecular weight is 224 g/mol. The molecule has 0 saturated carbocycles. The van der Waals surface area contributed by atoms with Gasteiger partial charge in [0.2, 0.25) is 0 Å². The molecule has 1 unspecified atom stereocenters. The van der Waals surface area contributed by atoms with E-state index in [1.54, 1.807) is 0 Å². The predicted octanol–water partition coefficient (Wildman–Crippen LogP) is 6.12. The van der Waals surface area contributed by atoms with Gasteiger partial charge in [-0.1, -0.05) is 84.1 Å². The highest BCUT2D eigenvalue weighted by atomic mass is 14.1. The van der Waals surface area contributed by atoms with Gasteiger partial charge in [-0.05, 0) is 12.3 Å². The molecular weight excluding hydrogens is 192 g/mol. The van der Waals surface area contributed by atoms with E-state index in [4.69, 9.17) is 0 Å². The van der Waals surface area contributed by atoms with Crippen molar-refractivity contribution in [3.8, 4) is 0 Å². The minimum Gasteiger partial charge on any atom is -0.103 e. The van der Waals surface area contributed by atoms with Gasteiger partial charge in [-0.15, -0.1) is 6.58 Å². The van der Waals surface area contributed by atoms with Gasteiger partial charge in [0.05, 0.1) is 0 Å². The lowest BCUT2D eigenvalue weighted by Crippen LogP contribution is -1.99. The molecule has 0 heterocycles. The fourth-order valence-corrected chi connectivity index (χ4v) is 2.32. The van der Waals surface area contributed by atoms with Crippen molar-refractivity contribution in [3.63, 3.8) is 0 Å². The number of allylic oxidation sites excluding steroid dienone is 1. The Morgan fingerprint density at radius 1 is 0.812 bits per heavy atom. The van der Waals surface area contributed by atoms with Crippen molar-refractivity contribution in [1.82, 2.24) is 0 Å². The fraction of sp³-hybridized carbons (Fsp3) is 0.875. The van der Waals surface area contributed by atoms with Crippen LogP contribution in [0.1, 0.15) is 84.5 Å². The van der Waals surface area contributed by atoms with Gasteiger partial charge in [0.1, 0.15) is 0 Å². The van der Waals surface area contributed by atoms with Crippen molar-refractivity contribution in [3.05, 3.63) is 12.7 Å². The summed E-state index contributed by atoms with van der Waals surface area (Å²) in [6, 6.07) is 0. The van der Waals surface area contributed by atoms with Gasteiger partial charge >= 0.3 is 0 Å². The smallest absolute Gasteiger partial charge is 0.0325 e. The molecule has 0 bridgehead atoms. The second kappa shape index (κ2) is 12.8. The highest BCUT2D eigenvalue weighted by molar-refractivity contribution is 4.73. The third kappa shape index (κ3) is 10.3. The Bertz CT molecular complexity index is 137. The van der Waals surface area contributed by atoms with E-state index in [9.17, 15) is 0 Å². The van der Waals surface area contributed by atoms with Gasteiger partial charge < -0.3 is 0 Å². The molecule has 0 heteroatoms. The minimum absolute atomic E-state index is 0.920. The maximum absolute atomic E-state index is 3.88. The molecule has 0 radical (unpaired) electrons. The first-order chi connectivity index (χ1) is 7.85. The molecule has 0 aromatic heterocycles. The summed E-state index contributed by atoms with van der Waals surface area (Å²) in [5.74, 6) is 0.920. The third-order valence-electron chi connectivity index (χ3n) is 3.43. The SMILES string of the molecule is C=CCC(CCCC)CCCCCCCC. The molecule has 0 aliphatic carbocycles. The Morgan fingerprint density at radius 2 is 1.38 bits per heavy atom. The first-order valence-electron chi connectivity index (χ1n) is 7.46. The van der Waals surface area contributed by atoms with Crippen LogP contribution in [0, 0.1) is 5.92 Å². The van der Waals surface area contributed by atoms with Crippen LogP contribution in [0.25, 0.3) is 0 Å². The largest absolute Gasteiger partial charge is 0.103 e. The van der Waals surface area contributed by atoms with Crippen molar-refractivity contribution in [1.29, 1.82) is 0 Å². The molecule has 0 aliphatic rings. The number of hydrogen-bond acceptors (Lipinski definition) is 0. The van der Waals surface area contributed by atoms with E-state index >= 15 is 0 Å². The van der Waals surface area contributed by atoms with E-state index in [-0.39, 0.29) is 0 Å². The van der Waals surface area contributed by atoms with Crippen molar-refractivity contribution in [2.24, 2.45) is 5.92 Å². The molecule has 16 heavy (non-hydrogen) atoms. The first kappa shape index (κ1) is 15.7. The van der Waals surface area contributed by atoms with E-state index in [0.717, 1.165) is 5.92 Å². The monoisotopic (exact) mass is 224 g/mol. The lowest BCUT2D eigenvalue weighted by molar-refractivity contribution is 0.414. The van der Waals surface area contributed by atoms with Gasteiger partial charge in [0.25, 0.3) is 0 Å². The van der Waals surface area contributed by atoms with E-state index in [1.165, 1.54) is 70.6 Å². The Morgan fingerprint density at radius 3 is 2.00 bits per heavy atom. The summed E-state index contributed by atoms with van der Waals surface area (Å²) >= 11 is 0. The topological polar surface area (TPSA) is 0 Å². The Kier molecular flexibility index (Phi) is 12.6. The van der Waals surface area contributed by atoms with E-state index in [2.05, 4.69) is 26.5 Å². The molecule has 96 valence electrons. The van der Waals surface area contributed by atoms with Crippen LogP contribution in [-0.2, 0) is 0 Å².